The van der Waals surface area contributed by atoms with E-state index in [9.17, 15) is 0 Å². The van der Waals surface area contributed by atoms with Crippen molar-refractivity contribution in [3.63, 3.8) is 0 Å². The molecule has 0 aliphatic heterocycles. The van der Waals surface area contributed by atoms with Crippen LogP contribution in [-0.4, -0.2) is 0 Å². The fourth-order valence-corrected chi connectivity index (χ4v) is 2.22. The van der Waals surface area contributed by atoms with Crippen molar-refractivity contribution >= 4 is 0 Å². The molecule has 108 valence electrons. The molecule has 1 heteroatoms. The fourth-order valence-electron chi connectivity index (χ4n) is 2.22. The molecule has 0 saturated carbocycles. The molecule has 0 amide bonds. The van der Waals surface area contributed by atoms with E-state index in [2.05, 4.69) is 37.8 Å². The molecule has 1 atom stereocenters. The minimum Gasteiger partial charge on any atom is -0.183 e. The maximum atomic E-state index is 8.41. The van der Waals surface area contributed by atoms with Gasteiger partial charge in [0.1, 0.15) is 0 Å². The molecule has 0 radical (unpaired) electrons. The summed E-state index contributed by atoms with van der Waals surface area (Å²) < 4.78 is 0. The van der Waals surface area contributed by atoms with Crippen LogP contribution in [0.2, 0.25) is 0 Å². The first-order valence-corrected chi connectivity index (χ1v) is 7.81. The Morgan fingerprint density at radius 3 is 2.15 bits per heavy atom. The van der Waals surface area contributed by atoms with Crippen LogP contribution in [0.5, 0.6) is 0 Å². The van der Waals surface area contributed by atoms with E-state index in [1.54, 1.807) is 0 Å². The normalized spacial score (nSPS) is 10.3. The minimum atomic E-state index is 0.674. The molecule has 0 saturated heterocycles. The first kappa shape index (κ1) is 18.3. The molecule has 0 fully saturated rings. The third-order valence-electron chi connectivity index (χ3n) is 3.19. The Morgan fingerprint density at radius 1 is 1.00 bits per heavy atom. The van der Waals surface area contributed by atoms with Crippen molar-refractivity contribution in [3.8, 4) is 17.9 Å². The third-order valence-corrected chi connectivity index (χ3v) is 3.19. The van der Waals surface area contributed by atoms with E-state index in [0.717, 1.165) is 5.56 Å². The van der Waals surface area contributed by atoms with Gasteiger partial charge in [-0.2, -0.15) is 5.26 Å². The van der Waals surface area contributed by atoms with Gasteiger partial charge in [0, 0.05) is 11.5 Å². The van der Waals surface area contributed by atoms with Gasteiger partial charge < -0.3 is 0 Å². The maximum Gasteiger partial charge on any atom is 0.152 e. The van der Waals surface area contributed by atoms with E-state index in [-0.39, 0.29) is 0 Å². The Bertz CT molecular complexity index is 439. The molecule has 1 unspecified atom stereocenters. The van der Waals surface area contributed by atoms with E-state index in [4.69, 9.17) is 5.26 Å². The van der Waals surface area contributed by atoms with Gasteiger partial charge >= 0.3 is 0 Å². The van der Waals surface area contributed by atoms with Crippen molar-refractivity contribution in [1.82, 2.24) is 0 Å². The van der Waals surface area contributed by atoms with Crippen LogP contribution < -0.4 is 0 Å². The lowest BCUT2D eigenvalue weighted by atomic mass is 9.89. The quantitative estimate of drug-likeness (QED) is 0.611. The topological polar surface area (TPSA) is 23.8 Å². The second-order valence-corrected chi connectivity index (χ2v) is 4.61. The van der Waals surface area contributed by atoms with Crippen molar-refractivity contribution in [2.24, 2.45) is 0 Å². The summed E-state index contributed by atoms with van der Waals surface area (Å²) in [5.41, 5.74) is 2.33. The van der Waals surface area contributed by atoms with E-state index in [1.165, 1.54) is 37.7 Å². The highest BCUT2D eigenvalue weighted by Crippen LogP contribution is 2.27. The van der Waals surface area contributed by atoms with Gasteiger partial charge in [-0.25, -0.2) is 0 Å². The number of nitrogens with zero attached hydrogens (tertiary/aromatic N) is 1. The molecule has 0 heterocycles. The zero-order valence-electron chi connectivity index (χ0n) is 13.4. The number of unbranched alkanes of at least 4 members (excludes halogenated alkanes) is 1. The van der Waals surface area contributed by atoms with E-state index < -0.39 is 0 Å². The van der Waals surface area contributed by atoms with Crippen LogP contribution in [0, 0.1) is 23.2 Å². The van der Waals surface area contributed by atoms with Crippen molar-refractivity contribution in [2.75, 3.05) is 0 Å². The Hall–Kier alpha value is -1.73. The van der Waals surface area contributed by atoms with Crippen LogP contribution in [0.1, 0.15) is 76.8 Å². The van der Waals surface area contributed by atoms with Crippen LogP contribution in [0.25, 0.3) is 0 Å². The van der Waals surface area contributed by atoms with Crippen LogP contribution >= 0.6 is 0 Å². The molecule has 0 aromatic heterocycles. The monoisotopic (exact) mass is 269 g/mol. The molecule has 1 aromatic rings. The minimum absolute atomic E-state index is 0.674. The van der Waals surface area contributed by atoms with Crippen LogP contribution in [-0.2, 0) is 0 Å². The molecule has 0 aliphatic rings. The number of benzene rings is 1. The standard InChI is InChI=1S/C17H21N.C2H6/c1-3-5-9-16(7-4-2)17-12-10-15(11-13-17)8-6-14-18;1-2/h10-13,16H,3-5,7,9H2,1-2H3;1-2H3. The predicted molar refractivity (Wildman–Crippen MR) is 87.5 cm³/mol. The first-order chi connectivity index (χ1) is 9.81. The molecule has 1 nitrogen and oxygen atoms in total. The zero-order chi connectivity index (χ0) is 15.2. The van der Waals surface area contributed by atoms with Gasteiger partial charge in [-0.3, -0.25) is 0 Å². The highest BCUT2D eigenvalue weighted by molar-refractivity contribution is 5.39. The van der Waals surface area contributed by atoms with Crippen molar-refractivity contribution < 1.29 is 0 Å². The van der Waals surface area contributed by atoms with Gasteiger partial charge in [-0.05, 0) is 36.5 Å². The Kier molecular flexibility index (Phi) is 11.2. The van der Waals surface area contributed by atoms with Gasteiger partial charge in [0.05, 0.1) is 0 Å². The second kappa shape index (κ2) is 12.3. The first-order valence-electron chi connectivity index (χ1n) is 7.81. The van der Waals surface area contributed by atoms with Gasteiger partial charge in [-0.15, -0.1) is 0 Å². The molecule has 1 rings (SSSR count). The summed E-state index contributed by atoms with van der Waals surface area (Å²) in [6.45, 7) is 8.48. The molecule has 1 aromatic carbocycles. The Balaban J connectivity index is 0.00000172. The summed E-state index contributed by atoms with van der Waals surface area (Å²) in [7, 11) is 0. The average molecular weight is 269 g/mol. The summed E-state index contributed by atoms with van der Waals surface area (Å²) in [5.74, 6) is 5.93. The number of nitriles is 1. The molecule has 0 aliphatic carbocycles. The smallest absolute Gasteiger partial charge is 0.152 e. The van der Waals surface area contributed by atoms with Crippen molar-refractivity contribution in [3.05, 3.63) is 35.4 Å². The van der Waals surface area contributed by atoms with E-state index in [0.29, 0.717) is 5.92 Å². The molecule has 0 N–H and O–H groups in total. The third kappa shape index (κ3) is 7.01. The summed E-state index contributed by atoms with van der Waals surface area (Å²) in [6, 6.07) is 10.2. The maximum absolute atomic E-state index is 8.41. The lowest BCUT2D eigenvalue weighted by Gasteiger charge is -2.16. The largest absolute Gasteiger partial charge is 0.183 e. The second-order valence-electron chi connectivity index (χ2n) is 4.61. The lowest BCUT2D eigenvalue weighted by Crippen LogP contribution is -1.98. The summed E-state index contributed by atoms with van der Waals surface area (Å²) in [6.07, 6.45) is 6.30. The SMILES string of the molecule is CC.CCCCC(CCC)c1ccc(C#CC#N)cc1. The zero-order valence-corrected chi connectivity index (χ0v) is 13.4. The number of hydrogen-bond donors (Lipinski definition) is 0. The average Bonchev–Trinajstić information content (AvgIpc) is 2.52. The molecule has 0 bridgehead atoms. The van der Waals surface area contributed by atoms with E-state index in [1.807, 2.05) is 32.0 Å². The summed E-state index contributed by atoms with van der Waals surface area (Å²) in [5, 5.41) is 8.41. The lowest BCUT2D eigenvalue weighted by molar-refractivity contribution is 0.541. The van der Waals surface area contributed by atoms with Crippen LogP contribution in [0.3, 0.4) is 0 Å². The highest BCUT2D eigenvalue weighted by Gasteiger charge is 2.09. The number of rotatable bonds is 6. The van der Waals surface area contributed by atoms with Crippen molar-refractivity contribution in [2.45, 2.75) is 65.7 Å². The van der Waals surface area contributed by atoms with Gasteiger partial charge in [0.15, 0.2) is 6.07 Å². The molecular weight excluding hydrogens is 242 g/mol. The Morgan fingerprint density at radius 2 is 1.65 bits per heavy atom. The van der Waals surface area contributed by atoms with E-state index >= 15 is 0 Å². The number of hydrogen-bond acceptors (Lipinski definition) is 1. The van der Waals surface area contributed by atoms with Crippen molar-refractivity contribution in [1.29, 1.82) is 5.26 Å². The fraction of sp³-hybridized carbons (Fsp3) is 0.526. The van der Waals surface area contributed by atoms with Gasteiger partial charge in [-0.1, -0.05) is 65.0 Å². The highest BCUT2D eigenvalue weighted by atomic mass is 14.2. The van der Waals surface area contributed by atoms with Crippen LogP contribution in [0.4, 0.5) is 0 Å². The van der Waals surface area contributed by atoms with Gasteiger partial charge in [0.2, 0.25) is 0 Å². The summed E-state index contributed by atoms with van der Waals surface area (Å²) in [4.78, 5) is 0. The van der Waals surface area contributed by atoms with Gasteiger partial charge in [0.25, 0.3) is 0 Å². The van der Waals surface area contributed by atoms with Crippen LogP contribution in [0.15, 0.2) is 24.3 Å². The predicted octanol–water partition coefficient (Wildman–Crippen LogP) is 5.66. The molecule has 0 spiro atoms. The Labute approximate surface area is 125 Å². The molecular formula is C19H27N. The summed E-state index contributed by atoms with van der Waals surface area (Å²) >= 11 is 0. The molecule has 20 heavy (non-hydrogen) atoms.